The number of carbonyl (C=O) groups excluding carboxylic acids is 1. The monoisotopic (exact) mass is 330 g/mol. The van der Waals surface area contributed by atoms with Crippen LogP contribution in [0, 0.1) is 6.92 Å². The summed E-state index contributed by atoms with van der Waals surface area (Å²) in [6.07, 6.45) is 0. The third kappa shape index (κ3) is 2.78. The van der Waals surface area contributed by atoms with Crippen molar-refractivity contribution in [3.05, 3.63) is 88.3 Å². The van der Waals surface area contributed by atoms with Gasteiger partial charge < -0.3 is 9.15 Å². The Hall–Kier alpha value is -3.40. The van der Waals surface area contributed by atoms with Crippen LogP contribution < -0.4 is 10.4 Å². The normalized spacial score (nSPS) is 10.9. The Balaban J connectivity index is 1.73. The molecule has 4 aromatic rings. The van der Waals surface area contributed by atoms with E-state index in [1.54, 1.807) is 24.3 Å². The van der Waals surface area contributed by atoms with Crippen molar-refractivity contribution >= 4 is 27.7 Å². The molecule has 122 valence electrons. The highest BCUT2D eigenvalue weighted by atomic mass is 16.5. The van der Waals surface area contributed by atoms with E-state index in [1.165, 1.54) is 6.07 Å². The molecule has 25 heavy (non-hydrogen) atoms. The Labute approximate surface area is 143 Å². The van der Waals surface area contributed by atoms with E-state index in [2.05, 4.69) is 0 Å². The van der Waals surface area contributed by atoms with Crippen molar-refractivity contribution in [1.82, 2.24) is 0 Å². The fourth-order valence-corrected chi connectivity index (χ4v) is 2.93. The van der Waals surface area contributed by atoms with Crippen LogP contribution in [-0.4, -0.2) is 5.97 Å². The van der Waals surface area contributed by atoms with Gasteiger partial charge in [-0.3, -0.25) is 0 Å². The molecule has 0 unspecified atom stereocenters. The van der Waals surface area contributed by atoms with E-state index in [4.69, 9.17) is 9.15 Å². The second-order valence-corrected chi connectivity index (χ2v) is 5.82. The van der Waals surface area contributed by atoms with Gasteiger partial charge in [0.15, 0.2) is 0 Å². The molecular weight excluding hydrogens is 316 g/mol. The molecule has 0 saturated heterocycles. The van der Waals surface area contributed by atoms with Crippen LogP contribution in [0.2, 0.25) is 0 Å². The smallest absolute Gasteiger partial charge is 0.344 e. The van der Waals surface area contributed by atoms with Gasteiger partial charge in [0.05, 0.1) is 5.56 Å². The van der Waals surface area contributed by atoms with E-state index in [9.17, 15) is 9.59 Å². The Morgan fingerprint density at radius 2 is 1.72 bits per heavy atom. The van der Waals surface area contributed by atoms with Gasteiger partial charge in [-0.2, -0.15) is 0 Å². The molecule has 0 aliphatic heterocycles. The lowest BCUT2D eigenvalue weighted by molar-refractivity contribution is 0.0737. The summed E-state index contributed by atoms with van der Waals surface area (Å²) in [5, 5.41) is 2.61. The quantitative estimate of drug-likeness (QED) is 0.309. The molecule has 4 heteroatoms. The van der Waals surface area contributed by atoms with Crippen LogP contribution in [0.1, 0.15) is 15.9 Å². The number of hydrogen-bond acceptors (Lipinski definition) is 4. The van der Waals surface area contributed by atoms with Crippen molar-refractivity contribution < 1.29 is 13.9 Å². The minimum Gasteiger partial charge on any atom is -0.423 e. The van der Waals surface area contributed by atoms with Crippen LogP contribution in [-0.2, 0) is 0 Å². The van der Waals surface area contributed by atoms with Gasteiger partial charge >= 0.3 is 11.6 Å². The van der Waals surface area contributed by atoms with E-state index in [-0.39, 0.29) is 0 Å². The summed E-state index contributed by atoms with van der Waals surface area (Å²) in [5.41, 5.74) is 1.28. The Bertz CT molecular complexity index is 1170. The van der Waals surface area contributed by atoms with Gasteiger partial charge in [-0.25, -0.2) is 9.59 Å². The van der Waals surface area contributed by atoms with Crippen LogP contribution in [0.4, 0.5) is 0 Å². The first kappa shape index (κ1) is 15.1. The minimum atomic E-state index is -0.453. The molecule has 0 aliphatic rings. The summed E-state index contributed by atoms with van der Waals surface area (Å²) in [7, 11) is 0. The molecule has 0 radical (unpaired) electrons. The van der Waals surface area contributed by atoms with Crippen LogP contribution in [0.3, 0.4) is 0 Å². The predicted octanol–water partition coefficient (Wildman–Crippen LogP) is 4.47. The van der Waals surface area contributed by atoms with Crippen molar-refractivity contribution in [3.63, 3.8) is 0 Å². The Morgan fingerprint density at radius 1 is 0.920 bits per heavy atom. The van der Waals surface area contributed by atoms with E-state index in [0.717, 1.165) is 21.7 Å². The molecule has 4 nitrogen and oxygen atoms in total. The Morgan fingerprint density at radius 3 is 2.60 bits per heavy atom. The third-order valence-electron chi connectivity index (χ3n) is 4.14. The number of benzene rings is 3. The fraction of sp³-hybridized carbons (Fsp3) is 0.0476. The van der Waals surface area contributed by atoms with Crippen molar-refractivity contribution in [2.75, 3.05) is 0 Å². The van der Waals surface area contributed by atoms with Gasteiger partial charge in [0.2, 0.25) is 0 Å². The summed E-state index contributed by atoms with van der Waals surface area (Å²) in [6.45, 7) is 1.83. The zero-order chi connectivity index (χ0) is 17.4. The third-order valence-corrected chi connectivity index (χ3v) is 4.14. The van der Waals surface area contributed by atoms with E-state index in [1.807, 2.05) is 43.3 Å². The molecule has 4 rings (SSSR count). The van der Waals surface area contributed by atoms with Gasteiger partial charge in [0, 0.05) is 17.5 Å². The van der Waals surface area contributed by atoms with Gasteiger partial charge in [-0.15, -0.1) is 0 Å². The average Bonchev–Trinajstić information content (AvgIpc) is 2.60. The lowest BCUT2D eigenvalue weighted by Gasteiger charge is -2.08. The molecule has 0 saturated carbocycles. The number of ether oxygens (including phenoxy) is 1. The van der Waals surface area contributed by atoms with Gasteiger partial charge in [-0.05, 0) is 41.5 Å². The zero-order valence-corrected chi connectivity index (χ0v) is 13.5. The van der Waals surface area contributed by atoms with Crippen LogP contribution in [0.5, 0.6) is 5.75 Å². The highest BCUT2D eigenvalue weighted by Gasteiger charge is 2.13. The summed E-state index contributed by atoms with van der Waals surface area (Å²) in [6, 6.07) is 19.6. The molecule has 0 atom stereocenters. The first-order chi connectivity index (χ1) is 12.1. The molecule has 0 fully saturated rings. The summed E-state index contributed by atoms with van der Waals surface area (Å²) in [5.74, 6) is -0.120. The number of esters is 1. The number of aryl methyl sites for hydroxylation is 1. The second-order valence-electron chi connectivity index (χ2n) is 5.82. The van der Waals surface area contributed by atoms with Crippen LogP contribution in [0.25, 0.3) is 21.7 Å². The first-order valence-corrected chi connectivity index (χ1v) is 7.86. The molecule has 0 aliphatic carbocycles. The molecule has 0 amide bonds. The molecule has 3 aromatic carbocycles. The van der Waals surface area contributed by atoms with Crippen LogP contribution >= 0.6 is 0 Å². The van der Waals surface area contributed by atoms with E-state index in [0.29, 0.717) is 16.9 Å². The molecule has 1 heterocycles. The van der Waals surface area contributed by atoms with Gasteiger partial charge in [0.1, 0.15) is 11.3 Å². The van der Waals surface area contributed by atoms with Crippen molar-refractivity contribution in [1.29, 1.82) is 0 Å². The first-order valence-electron chi connectivity index (χ1n) is 7.86. The van der Waals surface area contributed by atoms with Crippen molar-refractivity contribution in [2.24, 2.45) is 0 Å². The van der Waals surface area contributed by atoms with Crippen molar-refractivity contribution in [3.8, 4) is 5.75 Å². The SMILES string of the molecule is Cc1cc(=O)oc2cc(OC(=O)c3cccc4ccccc34)ccc12. The van der Waals surface area contributed by atoms with E-state index >= 15 is 0 Å². The standard InChI is InChI=1S/C21H14O4/c1-13-11-20(22)25-19-12-15(9-10-16(13)19)24-21(23)18-8-4-6-14-5-2-3-7-17(14)18/h2-12H,1H3. The predicted molar refractivity (Wildman–Crippen MR) is 96.1 cm³/mol. The largest absolute Gasteiger partial charge is 0.423 e. The van der Waals surface area contributed by atoms with E-state index < -0.39 is 11.6 Å². The molecule has 0 bridgehead atoms. The van der Waals surface area contributed by atoms with Gasteiger partial charge in [0.25, 0.3) is 0 Å². The summed E-state index contributed by atoms with van der Waals surface area (Å²) in [4.78, 5) is 24.1. The number of carbonyl (C=O) groups is 1. The minimum absolute atomic E-state index is 0.333. The number of rotatable bonds is 2. The average molecular weight is 330 g/mol. The maximum atomic E-state index is 12.6. The maximum Gasteiger partial charge on any atom is 0.344 e. The molecule has 0 N–H and O–H groups in total. The fourth-order valence-electron chi connectivity index (χ4n) is 2.93. The van der Waals surface area contributed by atoms with Crippen molar-refractivity contribution in [2.45, 2.75) is 6.92 Å². The topological polar surface area (TPSA) is 56.5 Å². The lowest BCUT2D eigenvalue weighted by atomic mass is 10.0. The molecule has 1 aromatic heterocycles. The number of hydrogen-bond donors (Lipinski definition) is 0. The van der Waals surface area contributed by atoms with Gasteiger partial charge in [-0.1, -0.05) is 36.4 Å². The second kappa shape index (κ2) is 5.91. The molecular formula is C21H14O4. The molecule has 0 spiro atoms. The van der Waals surface area contributed by atoms with Crippen LogP contribution in [0.15, 0.2) is 75.9 Å². The zero-order valence-electron chi connectivity index (χ0n) is 13.5. The number of fused-ring (bicyclic) bond motifs is 2. The summed E-state index contributed by atoms with van der Waals surface area (Å²) >= 11 is 0. The summed E-state index contributed by atoms with van der Waals surface area (Å²) < 4.78 is 10.7. The highest BCUT2D eigenvalue weighted by molar-refractivity contribution is 6.05. The maximum absolute atomic E-state index is 12.6. The highest BCUT2D eigenvalue weighted by Crippen LogP contribution is 2.24. The Kier molecular flexibility index (Phi) is 3.58. The lowest BCUT2D eigenvalue weighted by Crippen LogP contribution is -2.09.